The minimum absolute atomic E-state index is 0.284. The van der Waals surface area contributed by atoms with Crippen molar-refractivity contribution in [2.75, 3.05) is 39.9 Å². The zero-order valence-corrected chi connectivity index (χ0v) is 14.5. The van der Waals surface area contributed by atoms with Gasteiger partial charge in [-0.3, -0.25) is 0 Å². The number of nitrogens with one attached hydrogen (secondary N) is 1. The molecule has 0 aromatic carbocycles. The molecule has 2 heterocycles. The van der Waals surface area contributed by atoms with Gasteiger partial charge in [0, 0.05) is 42.6 Å². The Morgan fingerprint density at radius 3 is 2.95 bits per heavy atom. The Morgan fingerprint density at radius 1 is 1.48 bits per heavy atom. The third-order valence-corrected chi connectivity index (χ3v) is 5.15. The van der Waals surface area contributed by atoms with Gasteiger partial charge in [0.25, 0.3) is 0 Å². The van der Waals surface area contributed by atoms with Crippen molar-refractivity contribution in [2.45, 2.75) is 39.2 Å². The molecule has 0 amide bonds. The third-order valence-electron chi connectivity index (χ3n) is 4.21. The van der Waals surface area contributed by atoms with Gasteiger partial charge in [-0.2, -0.15) is 0 Å². The van der Waals surface area contributed by atoms with Crippen LogP contribution in [0.25, 0.3) is 0 Å². The minimum atomic E-state index is 0.284. The lowest BCUT2D eigenvalue weighted by molar-refractivity contribution is -0.0233. The number of thiophene rings is 1. The number of hydrogen-bond donors (Lipinski definition) is 1. The van der Waals surface area contributed by atoms with Gasteiger partial charge in [0.1, 0.15) is 0 Å². The molecule has 3 nitrogen and oxygen atoms in total. The fourth-order valence-corrected chi connectivity index (χ4v) is 3.76. The highest BCUT2D eigenvalue weighted by Crippen LogP contribution is 2.29. The quantitative estimate of drug-likeness (QED) is 0.799. The Hall–Kier alpha value is -0.420. The second-order valence-corrected chi connectivity index (χ2v) is 7.79. The van der Waals surface area contributed by atoms with Crippen molar-refractivity contribution in [3.63, 3.8) is 0 Å². The first-order valence-corrected chi connectivity index (χ1v) is 9.00. The molecule has 0 saturated carbocycles. The molecular weight excluding hydrogens is 280 g/mol. The maximum atomic E-state index is 5.80. The van der Waals surface area contributed by atoms with Crippen LogP contribution < -0.4 is 5.32 Å². The normalized spacial score (nSPS) is 23.1. The lowest BCUT2D eigenvalue weighted by Crippen LogP contribution is -2.49. The molecule has 1 N–H and O–H groups in total. The topological polar surface area (TPSA) is 24.5 Å². The van der Waals surface area contributed by atoms with Crippen LogP contribution in [0.15, 0.2) is 17.5 Å². The average Bonchev–Trinajstić information content (AvgIpc) is 2.97. The lowest BCUT2D eigenvalue weighted by Gasteiger charge is -2.40. The molecule has 1 fully saturated rings. The number of rotatable bonds is 8. The molecule has 4 heteroatoms. The first-order chi connectivity index (χ1) is 10.1. The van der Waals surface area contributed by atoms with E-state index in [1.807, 2.05) is 11.3 Å². The summed E-state index contributed by atoms with van der Waals surface area (Å²) in [6, 6.07) is 4.92. The van der Waals surface area contributed by atoms with Gasteiger partial charge in [0.05, 0.1) is 6.61 Å². The van der Waals surface area contributed by atoms with Gasteiger partial charge in [0.2, 0.25) is 0 Å². The SMILES string of the molecule is CC(C)NCC1(CN(C)CCc2cccs2)CCCOC1. The summed E-state index contributed by atoms with van der Waals surface area (Å²) in [5, 5.41) is 5.79. The van der Waals surface area contributed by atoms with Crippen LogP contribution in [0.5, 0.6) is 0 Å². The van der Waals surface area contributed by atoms with Crippen LogP contribution >= 0.6 is 11.3 Å². The third kappa shape index (κ3) is 5.70. The summed E-state index contributed by atoms with van der Waals surface area (Å²) >= 11 is 1.86. The molecule has 2 rings (SSSR count). The Balaban J connectivity index is 1.84. The molecule has 1 aromatic rings. The van der Waals surface area contributed by atoms with Crippen molar-refractivity contribution < 1.29 is 4.74 Å². The van der Waals surface area contributed by atoms with Crippen LogP contribution in [0.4, 0.5) is 0 Å². The minimum Gasteiger partial charge on any atom is -0.381 e. The Kier molecular flexibility index (Phi) is 6.68. The predicted molar refractivity (Wildman–Crippen MR) is 91.1 cm³/mol. The Labute approximate surface area is 133 Å². The van der Waals surface area contributed by atoms with Crippen LogP contribution in [0.1, 0.15) is 31.6 Å². The summed E-state index contributed by atoms with van der Waals surface area (Å²) in [6.45, 7) is 9.59. The average molecular weight is 311 g/mol. The van der Waals surface area contributed by atoms with Gasteiger partial charge in [-0.05, 0) is 37.8 Å². The van der Waals surface area contributed by atoms with Crippen molar-refractivity contribution in [2.24, 2.45) is 5.41 Å². The molecule has 1 saturated heterocycles. The number of ether oxygens (including phenoxy) is 1. The molecule has 0 aliphatic carbocycles. The Bertz CT molecular complexity index is 386. The molecular formula is C17H30N2OS. The molecule has 1 aliphatic heterocycles. The Morgan fingerprint density at radius 2 is 2.33 bits per heavy atom. The van der Waals surface area contributed by atoms with E-state index in [2.05, 4.69) is 48.6 Å². The molecule has 0 radical (unpaired) electrons. The number of likely N-dealkylation sites (N-methyl/N-ethyl adjacent to an activating group) is 1. The zero-order chi connectivity index (χ0) is 15.1. The van der Waals surface area contributed by atoms with E-state index in [0.29, 0.717) is 6.04 Å². The smallest absolute Gasteiger partial charge is 0.0546 e. The first-order valence-electron chi connectivity index (χ1n) is 8.12. The highest BCUT2D eigenvalue weighted by atomic mass is 32.1. The van der Waals surface area contributed by atoms with E-state index in [0.717, 1.165) is 39.3 Å². The van der Waals surface area contributed by atoms with Crippen LogP contribution in [-0.4, -0.2) is 50.8 Å². The van der Waals surface area contributed by atoms with E-state index in [4.69, 9.17) is 4.74 Å². The van der Waals surface area contributed by atoms with E-state index < -0.39 is 0 Å². The fourth-order valence-electron chi connectivity index (χ4n) is 3.06. The highest BCUT2D eigenvalue weighted by Gasteiger charge is 2.33. The standard InChI is InChI=1S/C17H30N2OS/c1-15(2)18-12-17(8-5-10-20-14-17)13-19(3)9-7-16-6-4-11-21-16/h4,6,11,15,18H,5,7-10,12-14H2,1-3H3. The van der Waals surface area contributed by atoms with Crippen LogP contribution in [-0.2, 0) is 11.2 Å². The lowest BCUT2D eigenvalue weighted by atomic mass is 9.81. The monoisotopic (exact) mass is 310 g/mol. The summed E-state index contributed by atoms with van der Waals surface area (Å²) < 4.78 is 5.80. The van der Waals surface area contributed by atoms with Crippen LogP contribution in [0.3, 0.4) is 0 Å². The van der Waals surface area contributed by atoms with E-state index in [-0.39, 0.29) is 5.41 Å². The molecule has 1 unspecified atom stereocenters. The largest absolute Gasteiger partial charge is 0.381 e. The predicted octanol–water partition coefficient (Wildman–Crippen LogP) is 3.02. The van der Waals surface area contributed by atoms with Crippen LogP contribution in [0.2, 0.25) is 0 Å². The molecule has 0 spiro atoms. The van der Waals surface area contributed by atoms with Gasteiger partial charge in [-0.1, -0.05) is 19.9 Å². The summed E-state index contributed by atoms with van der Waals surface area (Å²) in [7, 11) is 2.25. The van der Waals surface area contributed by atoms with Gasteiger partial charge >= 0.3 is 0 Å². The number of nitrogens with zero attached hydrogens (tertiary/aromatic N) is 1. The second kappa shape index (κ2) is 8.28. The summed E-state index contributed by atoms with van der Waals surface area (Å²) in [6.07, 6.45) is 3.62. The van der Waals surface area contributed by atoms with Crippen molar-refractivity contribution in [3.8, 4) is 0 Å². The van der Waals surface area contributed by atoms with Crippen molar-refractivity contribution in [3.05, 3.63) is 22.4 Å². The maximum absolute atomic E-state index is 5.80. The molecule has 120 valence electrons. The summed E-state index contributed by atoms with van der Waals surface area (Å²) in [5.74, 6) is 0. The van der Waals surface area contributed by atoms with E-state index >= 15 is 0 Å². The van der Waals surface area contributed by atoms with Gasteiger partial charge in [-0.15, -0.1) is 11.3 Å². The van der Waals surface area contributed by atoms with Gasteiger partial charge < -0.3 is 15.0 Å². The van der Waals surface area contributed by atoms with E-state index in [9.17, 15) is 0 Å². The van der Waals surface area contributed by atoms with Gasteiger partial charge in [0.15, 0.2) is 0 Å². The molecule has 1 aliphatic rings. The summed E-state index contributed by atoms with van der Waals surface area (Å²) in [5.41, 5.74) is 0.284. The van der Waals surface area contributed by atoms with Crippen molar-refractivity contribution in [1.82, 2.24) is 10.2 Å². The first kappa shape index (κ1) is 16.9. The van der Waals surface area contributed by atoms with Crippen molar-refractivity contribution in [1.29, 1.82) is 0 Å². The molecule has 1 atom stereocenters. The second-order valence-electron chi connectivity index (χ2n) is 6.76. The summed E-state index contributed by atoms with van der Waals surface area (Å²) in [4.78, 5) is 3.97. The molecule has 21 heavy (non-hydrogen) atoms. The van der Waals surface area contributed by atoms with Gasteiger partial charge in [-0.25, -0.2) is 0 Å². The van der Waals surface area contributed by atoms with E-state index in [1.165, 1.54) is 17.7 Å². The number of hydrogen-bond acceptors (Lipinski definition) is 4. The van der Waals surface area contributed by atoms with E-state index in [1.54, 1.807) is 0 Å². The maximum Gasteiger partial charge on any atom is 0.0546 e. The zero-order valence-electron chi connectivity index (χ0n) is 13.7. The highest BCUT2D eigenvalue weighted by molar-refractivity contribution is 7.09. The van der Waals surface area contributed by atoms with Crippen LogP contribution in [0, 0.1) is 5.41 Å². The molecule has 1 aromatic heterocycles. The fraction of sp³-hybridized carbons (Fsp3) is 0.765. The molecule has 0 bridgehead atoms. The van der Waals surface area contributed by atoms with Crippen molar-refractivity contribution >= 4 is 11.3 Å².